The van der Waals surface area contributed by atoms with E-state index in [0.29, 0.717) is 0 Å². The number of rotatable bonds is 16. The Kier molecular flexibility index (Phi) is 12.5. The van der Waals surface area contributed by atoms with Gasteiger partial charge in [0.2, 0.25) is 0 Å². The molecular weight excluding hydrogens is 416 g/mol. The second kappa shape index (κ2) is 15.9. The smallest absolute Gasteiger partial charge is 0.119 e. The number of aromatic nitrogens is 2. The van der Waals surface area contributed by atoms with Crippen LogP contribution in [0.2, 0.25) is 0 Å². The van der Waals surface area contributed by atoms with Gasteiger partial charge in [-0.2, -0.15) is 10.2 Å². The number of hydrogen-bond acceptors (Lipinski definition) is 3. The molecule has 3 nitrogen and oxygen atoms in total. The van der Waals surface area contributed by atoms with Gasteiger partial charge in [-0.05, 0) is 67.5 Å². The van der Waals surface area contributed by atoms with Crippen molar-refractivity contribution in [3.63, 3.8) is 0 Å². The Balaban J connectivity index is 1.34. The average Bonchev–Trinajstić information content (AvgIpc) is 2.89. The molecule has 3 heteroatoms. The lowest BCUT2D eigenvalue weighted by Gasteiger charge is -2.28. The molecule has 0 atom stereocenters. The van der Waals surface area contributed by atoms with Gasteiger partial charge in [-0.15, -0.1) is 0 Å². The van der Waals surface area contributed by atoms with Crippen molar-refractivity contribution < 1.29 is 4.74 Å². The van der Waals surface area contributed by atoms with Gasteiger partial charge in [0.25, 0.3) is 0 Å². The lowest BCUT2D eigenvalue weighted by Crippen LogP contribution is -2.15. The van der Waals surface area contributed by atoms with Crippen molar-refractivity contribution in [3.05, 3.63) is 42.1 Å². The van der Waals surface area contributed by atoms with Crippen LogP contribution in [0.5, 0.6) is 5.75 Å². The summed E-state index contributed by atoms with van der Waals surface area (Å²) in [7, 11) is 0. The maximum atomic E-state index is 5.89. The summed E-state index contributed by atoms with van der Waals surface area (Å²) in [4.78, 5) is 0. The molecule has 0 unspecified atom stereocenters. The maximum absolute atomic E-state index is 5.89. The molecule has 1 aromatic carbocycles. The molecule has 1 aromatic heterocycles. The minimum Gasteiger partial charge on any atom is -0.494 e. The molecule has 3 rings (SSSR count). The van der Waals surface area contributed by atoms with Crippen LogP contribution in [0.15, 0.2) is 36.4 Å². The van der Waals surface area contributed by atoms with Crippen molar-refractivity contribution in [2.45, 2.75) is 117 Å². The number of ether oxygens (including phenoxy) is 1. The number of hydrogen-bond donors (Lipinski definition) is 0. The third kappa shape index (κ3) is 9.76. The first-order valence-electron chi connectivity index (χ1n) is 14.3. The van der Waals surface area contributed by atoms with Crippen molar-refractivity contribution in [2.24, 2.45) is 11.8 Å². The third-order valence-corrected chi connectivity index (χ3v) is 7.63. The fourth-order valence-corrected chi connectivity index (χ4v) is 5.29. The molecule has 188 valence electrons. The summed E-state index contributed by atoms with van der Waals surface area (Å²) >= 11 is 0. The molecule has 0 amide bonds. The van der Waals surface area contributed by atoms with E-state index in [4.69, 9.17) is 4.74 Å². The second-order valence-corrected chi connectivity index (χ2v) is 10.5. The van der Waals surface area contributed by atoms with Crippen LogP contribution in [0.4, 0.5) is 0 Å². The summed E-state index contributed by atoms with van der Waals surface area (Å²) in [6.07, 6.45) is 21.5. The zero-order valence-electron chi connectivity index (χ0n) is 21.9. The Morgan fingerprint density at radius 2 is 1.32 bits per heavy atom. The topological polar surface area (TPSA) is 35.0 Å². The first kappa shape index (κ1) is 26.7. The van der Waals surface area contributed by atoms with E-state index in [1.165, 1.54) is 89.9 Å². The van der Waals surface area contributed by atoms with E-state index in [2.05, 4.69) is 60.4 Å². The average molecular weight is 465 g/mol. The van der Waals surface area contributed by atoms with Gasteiger partial charge < -0.3 is 4.74 Å². The van der Waals surface area contributed by atoms with Crippen LogP contribution in [0, 0.1) is 11.8 Å². The monoisotopic (exact) mass is 464 g/mol. The molecule has 0 radical (unpaired) electrons. The van der Waals surface area contributed by atoms with Crippen LogP contribution in [-0.4, -0.2) is 16.8 Å². The van der Waals surface area contributed by atoms with Gasteiger partial charge in [0.15, 0.2) is 0 Å². The molecule has 1 aliphatic carbocycles. The summed E-state index contributed by atoms with van der Waals surface area (Å²) in [6, 6.07) is 12.6. The molecule has 1 fully saturated rings. The number of aryl methyl sites for hydroxylation is 1. The van der Waals surface area contributed by atoms with E-state index < -0.39 is 0 Å². The quantitative estimate of drug-likeness (QED) is 0.232. The molecule has 1 heterocycles. The normalized spacial score (nSPS) is 18.2. The fourth-order valence-electron chi connectivity index (χ4n) is 5.29. The van der Waals surface area contributed by atoms with Crippen LogP contribution in [0.25, 0.3) is 11.3 Å². The van der Waals surface area contributed by atoms with Crippen LogP contribution < -0.4 is 4.74 Å². The van der Waals surface area contributed by atoms with E-state index in [-0.39, 0.29) is 0 Å². The maximum Gasteiger partial charge on any atom is 0.119 e. The molecule has 0 N–H and O–H groups in total. The summed E-state index contributed by atoms with van der Waals surface area (Å²) in [6.45, 7) is 5.35. The highest BCUT2D eigenvalue weighted by molar-refractivity contribution is 5.59. The Morgan fingerprint density at radius 3 is 1.97 bits per heavy atom. The van der Waals surface area contributed by atoms with Crippen molar-refractivity contribution in [2.75, 3.05) is 6.61 Å². The van der Waals surface area contributed by atoms with Gasteiger partial charge in [-0.3, -0.25) is 0 Å². The van der Waals surface area contributed by atoms with Crippen LogP contribution in [-0.2, 0) is 6.42 Å². The Bertz CT molecular complexity index is 763. The first-order chi connectivity index (χ1) is 16.8. The summed E-state index contributed by atoms with van der Waals surface area (Å²) < 4.78 is 5.89. The van der Waals surface area contributed by atoms with Crippen molar-refractivity contribution in [3.8, 4) is 17.0 Å². The number of unbranched alkanes of at least 4 members (excludes halogenated alkanes) is 7. The second-order valence-electron chi connectivity index (χ2n) is 10.5. The van der Waals surface area contributed by atoms with E-state index in [1.807, 2.05) is 0 Å². The molecule has 2 aromatic rings. The lowest BCUT2D eigenvalue weighted by atomic mass is 9.78. The lowest BCUT2D eigenvalue weighted by molar-refractivity contribution is 0.248. The fraction of sp³-hybridized carbons (Fsp3) is 0.677. The molecular formula is C31H48N2O. The largest absolute Gasteiger partial charge is 0.494 e. The molecule has 34 heavy (non-hydrogen) atoms. The Labute approximate surface area is 209 Å². The van der Waals surface area contributed by atoms with Gasteiger partial charge in [-0.25, -0.2) is 0 Å². The van der Waals surface area contributed by atoms with Gasteiger partial charge in [0.05, 0.1) is 18.0 Å². The minimum absolute atomic E-state index is 0.804. The SMILES string of the molecule is CCCCCCCOc1ccc(-c2ccc(CCC3CCC(CCCCCC)CC3)nn2)cc1. The molecule has 0 bridgehead atoms. The van der Waals surface area contributed by atoms with Gasteiger partial charge in [-0.1, -0.05) is 97.3 Å². The highest BCUT2D eigenvalue weighted by Gasteiger charge is 2.20. The summed E-state index contributed by atoms with van der Waals surface area (Å²) in [5.74, 6) is 2.82. The predicted molar refractivity (Wildman–Crippen MR) is 144 cm³/mol. The van der Waals surface area contributed by atoms with E-state index in [1.54, 1.807) is 0 Å². The van der Waals surface area contributed by atoms with Crippen LogP contribution >= 0.6 is 0 Å². The summed E-state index contributed by atoms with van der Waals surface area (Å²) in [5, 5.41) is 9.06. The van der Waals surface area contributed by atoms with E-state index in [0.717, 1.165) is 54.0 Å². The van der Waals surface area contributed by atoms with Crippen LogP contribution in [0.1, 0.15) is 116 Å². The zero-order chi connectivity index (χ0) is 23.8. The van der Waals surface area contributed by atoms with Crippen LogP contribution in [0.3, 0.4) is 0 Å². The highest BCUT2D eigenvalue weighted by Crippen LogP contribution is 2.34. The number of benzene rings is 1. The zero-order valence-corrected chi connectivity index (χ0v) is 21.9. The molecule has 0 spiro atoms. The summed E-state index contributed by atoms with van der Waals surface area (Å²) in [5.41, 5.74) is 3.18. The van der Waals surface area contributed by atoms with E-state index in [9.17, 15) is 0 Å². The highest BCUT2D eigenvalue weighted by atomic mass is 16.5. The van der Waals surface area contributed by atoms with Crippen molar-refractivity contribution in [1.29, 1.82) is 0 Å². The predicted octanol–water partition coefficient (Wildman–Crippen LogP) is 9.20. The number of nitrogens with zero attached hydrogens (tertiary/aromatic N) is 2. The van der Waals surface area contributed by atoms with Gasteiger partial charge >= 0.3 is 0 Å². The molecule has 0 saturated heterocycles. The molecule has 1 aliphatic rings. The van der Waals surface area contributed by atoms with Gasteiger partial charge in [0.1, 0.15) is 5.75 Å². The molecule has 0 aliphatic heterocycles. The van der Waals surface area contributed by atoms with E-state index >= 15 is 0 Å². The minimum atomic E-state index is 0.804. The standard InChI is InChI=1S/C31H48N2O/c1-3-5-7-9-11-25-34-30-22-18-28(19-23-30)31-24-21-29(32-33-31)20-17-27-15-13-26(14-16-27)12-10-8-6-4-2/h18-19,21-24,26-27H,3-17,20,25H2,1-2H3. The van der Waals surface area contributed by atoms with Crippen molar-refractivity contribution >= 4 is 0 Å². The Hall–Kier alpha value is -1.90. The first-order valence-corrected chi connectivity index (χ1v) is 14.3. The van der Waals surface area contributed by atoms with Crippen molar-refractivity contribution in [1.82, 2.24) is 10.2 Å². The molecule has 1 saturated carbocycles. The Morgan fingerprint density at radius 1 is 0.676 bits per heavy atom. The van der Waals surface area contributed by atoms with Gasteiger partial charge in [0, 0.05) is 5.56 Å². The third-order valence-electron chi connectivity index (χ3n) is 7.63.